The Morgan fingerprint density at radius 2 is 1.91 bits per heavy atom. The summed E-state index contributed by atoms with van der Waals surface area (Å²) in [6.45, 7) is 3.04. The molecule has 2 aliphatic rings. The highest BCUT2D eigenvalue weighted by atomic mass is 16.2. The molecule has 1 amide bonds. The van der Waals surface area contributed by atoms with Crippen molar-refractivity contribution in [2.75, 3.05) is 25.5 Å². The lowest BCUT2D eigenvalue weighted by atomic mass is 9.89. The maximum Gasteiger partial charge on any atom is 0.293 e. The molecule has 2 atom stereocenters. The number of hydrogen-bond donors (Lipinski definition) is 1. The van der Waals surface area contributed by atoms with E-state index in [-0.39, 0.29) is 5.91 Å². The molecule has 1 aromatic carbocycles. The van der Waals surface area contributed by atoms with Gasteiger partial charge >= 0.3 is 0 Å². The van der Waals surface area contributed by atoms with E-state index in [4.69, 9.17) is 0 Å². The van der Waals surface area contributed by atoms with E-state index in [1.165, 1.54) is 0 Å². The number of hydrogen-bond acceptors (Lipinski definition) is 4. The van der Waals surface area contributed by atoms with E-state index in [0.29, 0.717) is 17.7 Å². The maximum absolute atomic E-state index is 12.5. The molecule has 0 bridgehead atoms. The SMILES string of the molecule is CN1C[C@@H]2Cn3c(nnc3C(=O)Nc3ccccc3)C[C@H]2C1. The molecule has 0 unspecified atom stereocenters. The monoisotopic (exact) mass is 297 g/mol. The topological polar surface area (TPSA) is 63.1 Å². The number of rotatable bonds is 2. The third-order valence-corrected chi connectivity index (χ3v) is 4.68. The van der Waals surface area contributed by atoms with Gasteiger partial charge in [0.15, 0.2) is 0 Å². The molecule has 6 nitrogen and oxygen atoms in total. The second-order valence-corrected chi connectivity index (χ2v) is 6.32. The third-order valence-electron chi connectivity index (χ3n) is 4.68. The number of anilines is 1. The minimum Gasteiger partial charge on any atom is -0.319 e. The zero-order chi connectivity index (χ0) is 15.1. The number of para-hydroxylation sites is 1. The Morgan fingerprint density at radius 3 is 2.73 bits per heavy atom. The molecule has 1 fully saturated rings. The van der Waals surface area contributed by atoms with Gasteiger partial charge in [-0.3, -0.25) is 4.79 Å². The number of carbonyl (C=O) groups excluding carboxylic acids is 1. The van der Waals surface area contributed by atoms with E-state index in [2.05, 4.69) is 27.5 Å². The molecule has 3 heterocycles. The van der Waals surface area contributed by atoms with Crippen LogP contribution in [0.2, 0.25) is 0 Å². The summed E-state index contributed by atoms with van der Waals surface area (Å²) in [7, 11) is 2.16. The lowest BCUT2D eigenvalue weighted by molar-refractivity contribution is 0.100. The number of benzene rings is 1. The largest absolute Gasteiger partial charge is 0.319 e. The number of nitrogens with one attached hydrogen (secondary N) is 1. The summed E-state index contributed by atoms with van der Waals surface area (Å²) in [6.07, 6.45) is 0.917. The van der Waals surface area contributed by atoms with E-state index in [1.54, 1.807) is 0 Å². The predicted molar refractivity (Wildman–Crippen MR) is 82.6 cm³/mol. The van der Waals surface area contributed by atoms with Crippen LogP contribution in [-0.4, -0.2) is 45.7 Å². The fourth-order valence-corrected chi connectivity index (χ4v) is 3.64. The summed E-state index contributed by atoms with van der Waals surface area (Å²) in [5, 5.41) is 11.3. The van der Waals surface area contributed by atoms with Gasteiger partial charge in [0.05, 0.1) is 0 Å². The zero-order valence-electron chi connectivity index (χ0n) is 12.6. The third kappa shape index (κ3) is 2.29. The van der Waals surface area contributed by atoms with Crippen molar-refractivity contribution in [1.29, 1.82) is 0 Å². The second kappa shape index (κ2) is 5.21. The first kappa shape index (κ1) is 13.5. The Bertz CT molecular complexity index is 696. The van der Waals surface area contributed by atoms with E-state index >= 15 is 0 Å². The molecule has 2 aromatic rings. The van der Waals surface area contributed by atoms with Gasteiger partial charge in [0, 0.05) is 31.7 Å². The fraction of sp³-hybridized carbons (Fsp3) is 0.438. The number of carbonyl (C=O) groups is 1. The number of nitrogens with zero attached hydrogens (tertiary/aromatic N) is 4. The molecule has 1 aromatic heterocycles. The molecule has 4 rings (SSSR count). The Labute approximate surface area is 129 Å². The number of likely N-dealkylation sites (tertiary alicyclic amines) is 1. The van der Waals surface area contributed by atoms with Crippen molar-refractivity contribution in [2.45, 2.75) is 13.0 Å². The molecule has 0 saturated carbocycles. The van der Waals surface area contributed by atoms with Crippen LogP contribution >= 0.6 is 0 Å². The van der Waals surface area contributed by atoms with Gasteiger partial charge in [0.2, 0.25) is 5.82 Å². The predicted octanol–water partition coefficient (Wildman–Crippen LogP) is 1.26. The summed E-state index contributed by atoms with van der Waals surface area (Å²) in [4.78, 5) is 14.8. The van der Waals surface area contributed by atoms with E-state index < -0.39 is 0 Å². The van der Waals surface area contributed by atoms with Crippen LogP contribution in [0.4, 0.5) is 5.69 Å². The first-order chi connectivity index (χ1) is 10.7. The molecule has 2 aliphatic heterocycles. The molecule has 1 saturated heterocycles. The first-order valence-corrected chi connectivity index (χ1v) is 7.68. The molecule has 0 radical (unpaired) electrons. The average molecular weight is 297 g/mol. The Balaban J connectivity index is 1.56. The Morgan fingerprint density at radius 1 is 1.14 bits per heavy atom. The van der Waals surface area contributed by atoms with E-state index in [9.17, 15) is 4.79 Å². The molecule has 114 valence electrons. The second-order valence-electron chi connectivity index (χ2n) is 6.32. The molecule has 0 aliphatic carbocycles. The summed E-state index contributed by atoms with van der Waals surface area (Å²) in [5.41, 5.74) is 0.777. The fourth-order valence-electron chi connectivity index (χ4n) is 3.64. The van der Waals surface area contributed by atoms with Crippen LogP contribution in [0.5, 0.6) is 0 Å². The zero-order valence-corrected chi connectivity index (χ0v) is 12.6. The van der Waals surface area contributed by atoms with Gasteiger partial charge in [0.1, 0.15) is 5.82 Å². The van der Waals surface area contributed by atoms with Crippen molar-refractivity contribution >= 4 is 11.6 Å². The lowest BCUT2D eigenvalue weighted by Crippen LogP contribution is -2.31. The van der Waals surface area contributed by atoms with Crippen molar-refractivity contribution < 1.29 is 4.79 Å². The first-order valence-electron chi connectivity index (χ1n) is 7.68. The van der Waals surface area contributed by atoms with Crippen LogP contribution in [0, 0.1) is 11.8 Å². The Kier molecular flexibility index (Phi) is 3.18. The van der Waals surface area contributed by atoms with Crippen molar-refractivity contribution in [3.8, 4) is 0 Å². The highest BCUT2D eigenvalue weighted by molar-refractivity contribution is 6.01. The number of amides is 1. The van der Waals surface area contributed by atoms with Gasteiger partial charge in [-0.25, -0.2) is 0 Å². The van der Waals surface area contributed by atoms with Crippen molar-refractivity contribution in [1.82, 2.24) is 19.7 Å². The minimum atomic E-state index is -0.185. The quantitative estimate of drug-likeness (QED) is 0.906. The van der Waals surface area contributed by atoms with Gasteiger partial charge in [-0.15, -0.1) is 10.2 Å². The number of aromatic nitrogens is 3. The standard InChI is InChI=1S/C16H19N5O/c1-20-8-11-7-14-18-19-15(21(14)10-12(11)9-20)16(22)17-13-5-3-2-4-6-13/h2-6,11-12H,7-10H2,1H3,(H,17,22)/t11-,12+/m0/s1. The van der Waals surface area contributed by atoms with Crippen LogP contribution in [0.1, 0.15) is 16.4 Å². The summed E-state index contributed by atoms with van der Waals surface area (Å²) in [6, 6.07) is 9.45. The van der Waals surface area contributed by atoms with Gasteiger partial charge < -0.3 is 14.8 Å². The smallest absolute Gasteiger partial charge is 0.293 e. The summed E-state index contributed by atoms with van der Waals surface area (Å²) < 4.78 is 2.00. The maximum atomic E-state index is 12.5. The van der Waals surface area contributed by atoms with Crippen LogP contribution < -0.4 is 5.32 Å². The van der Waals surface area contributed by atoms with Crippen LogP contribution in [0.15, 0.2) is 30.3 Å². The normalized spacial score (nSPS) is 23.9. The Hall–Kier alpha value is -2.21. The van der Waals surface area contributed by atoms with Crippen LogP contribution in [0.25, 0.3) is 0 Å². The van der Waals surface area contributed by atoms with Crippen LogP contribution in [0.3, 0.4) is 0 Å². The van der Waals surface area contributed by atoms with Gasteiger partial charge in [-0.2, -0.15) is 0 Å². The molecular formula is C16H19N5O. The van der Waals surface area contributed by atoms with Gasteiger partial charge in [0.25, 0.3) is 5.91 Å². The van der Waals surface area contributed by atoms with Crippen LogP contribution in [-0.2, 0) is 13.0 Å². The van der Waals surface area contributed by atoms with E-state index in [0.717, 1.165) is 37.6 Å². The molecule has 0 spiro atoms. The summed E-state index contributed by atoms with van der Waals surface area (Å²) >= 11 is 0. The van der Waals surface area contributed by atoms with E-state index in [1.807, 2.05) is 34.9 Å². The molecule has 22 heavy (non-hydrogen) atoms. The van der Waals surface area contributed by atoms with Crippen molar-refractivity contribution in [3.63, 3.8) is 0 Å². The highest BCUT2D eigenvalue weighted by Gasteiger charge is 2.37. The molecule has 6 heteroatoms. The summed E-state index contributed by atoms with van der Waals surface area (Å²) in [5.74, 6) is 2.42. The molecular weight excluding hydrogens is 278 g/mol. The van der Waals surface area contributed by atoms with Crippen molar-refractivity contribution in [3.05, 3.63) is 42.0 Å². The highest BCUT2D eigenvalue weighted by Crippen LogP contribution is 2.31. The van der Waals surface area contributed by atoms with Gasteiger partial charge in [-0.1, -0.05) is 18.2 Å². The molecule has 1 N–H and O–H groups in total. The average Bonchev–Trinajstić information content (AvgIpc) is 3.07. The lowest BCUT2D eigenvalue weighted by Gasteiger charge is -2.25. The minimum absolute atomic E-state index is 0.185. The number of fused-ring (bicyclic) bond motifs is 2. The van der Waals surface area contributed by atoms with Crippen molar-refractivity contribution in [2.24, 2.45) is 11.8 Å². The van der Waals surface area contributed by atoms with Gasteiger partial charge in [-0.05, 0) is 31.0 Å².